The van der Waals surface area contributed by atoms with Gasteiger partial charge in [0, 0.05) is 30.0 Å². The molecular weight excluding hydrogens is 302 g/mol. The Hall–Kier alpha value is -1.39. The number of carbonyl (C=O) groups is 2. The van der Waals surface area contributed by atoms with Gasteiger partial charge in [0.2, 0.25) is 5.91 Å². The Morgan fingerprint density at radius 3 is 2.50 bits per heavy atom. The molecular formula is C17H22ClNO3. The van der Waals surface area contributed by atoms with Crippen LogP contribution < -0.4 is 0 Å². The summed E-state index contributed by atoms with van der Waals surface area (Å²) in [6.45, 7) is 4.10. The minimum Gasteiger partial charge on any atom is -0.388 e. The van der Waals surface area contributed by atoms with E-state index in [1.165, 1.54) is 0 Å². The maximum atomic E-state index is 12.3. The molecule has 0 saturated carbocycles. The molecule has 1 aromatic carbocycles. The van der Waals surface area contributed by atoms with E-state index in [-0.39, 0.29) is 30.6 Å². The van der Waals surface area contributed by atoms with Crippen molar-refractivity contribution in [3.8, 4) is 0 Å². The second kappa shape index (κ2) is 6.80. The average Bonchev–Trinajstić information content (AvgIpc) is 2.94. The van der Waals surface area contributed by atoms with Gasteiger partial charge in [-0.25, -0.2) is 0 Å². The number of ketones is 1. The molecule has 4 nitrogen and oxygen atoms in total. The molecule has 1 fully saturated rings. The summed E-state index contributed by atoms with van der Waals surface area (Å²) < 4.78 is 0. The zero-order valence-corrected chi connectivity index (χ0v) is 13.8. The fourth-order valence-electron chi connectivity index (χ4n) is 2.94. The van der Waals surface area contributed by atoms with Crippen molar-refractivity contribution < 1.29 is 14.7 Å². The number of amides is 1. The van der Waals surface area contributed by atoms with E-state index < -0.39 is 5.60 Å². The van der Waals surface area contributed by atoms with Gasteiger partial charge in [0.1, 0.15) is 0 Å². The summed E-state index contributed by atoms with van der Waals surface area (Å²) in [5.74, 6) is -0.129. The third-order valence-corrected chi connectivity index (χ3v) is 4.37. The molecule has 1 saturated heterocycles. The molecule has 0 aliphatic carbocycles. The van der Waals surface area contributed by atoms with Crippen molar-refractivity contribution in [1.29, 1.82) is 0 Å². The SMILES string of the molecule is CC(C)(O)C1CCCN1C(=O)CCC(=O)c1ccc(Cl)cc1. The molecule has 0 radical (unpaired) electrons. The zero-order chi connectivity index (χ0) is 16.3. The van der Waals surface area contributed by atoms with E-state index in [4.69, 9.17) is 11.6 Å². The van der Waals surface area contributed by atoms with Gasteiger partial charge in [-0.3, -0.25) is 9.59 Å². The summed E-state index contributed by atoms with van der Waals surface area (Å²) in [6, 6.07) is 6.52. The van der Waals surface area contributed by atoms with Gasteiger partial charge in [-0.15, -0.1) is 0 Å². The first-order valence-electron chi connectivity index (χ1n) is 7.59. The Morgan fingerprint density at radius 2 is 1.91 bits per heavy atom. The molecule has 1 aromatic rings. The number of halogens is 1. The van der Waals surface area contributed by atoms with Crippen molar-refractivity contribution in [2.45, 2.75) is 51.2 Å². The predicted octanol–water partition coefficient (Wildman–Crippen LogP) is 3.06. The van der Waals surface area contributed by atoms with Crippen LogP contribution in [0, 0.1) is 0 Å². The number of likely N-dealkylation sites (tertiary alicyclic amines) is 1. The van der Waals surface area contributed by atoms with E-state index >= 15 is 0 Å². The van der Waals surface area contributed by atoms with Crippen LogP contribution in [0.3, 0.4) is 0 Å². The number of hydrogen-bond donors (Lipinski definition) is 1. The fourth-order valence-corrected chi connectivity index (χ4v) is 3.07. The smallest absolute Gasteiger partial charge is 0.223 e. The highest BCUT2D eigenvalue weighted by molar-refractivity contribution is 6.30. The van der Waals surface area contributed by atoms with Crippen LogP contribution in [0.1, 0.15) is 49.9 Å². The Labute approximate surface area is 136 Å². The number of rotatable bonds is 5. The van der Waals surface area contributed by atoms with Crippen LogP contribution in [0.25, 0.3) is 0 Å². The molecule has 0 spiro atoms. The third kappa shape index (κ3) is 4.08. The van der Waals surface area contributed by atoms with E-state index in [9.17, 15) is 14.7 Å². The Kier molecular flexibility index (Phi) is 5.24. The number of carbonyl (C=O) groups excluding carboxylic acids is 2. The highest BCUT2D eigenvalue weighted by atomic mass is 35.5. The summed E-state index contributed by atoms with van der Waals surface area (Å²) in [5.41, 5.74) is -0.343. The number of hydrogen-bond acceptors (Lipinski definition) is 3. The molecule has 1 N–H and O–H groups in total. The highest BCUT2D eigenvalue weighted by Gasteiger charge is 2.38. The van der Waals surface area contributed by atoms with Gasteiger partial charge in [-0.2, -0.15) is 0 Å². The normalized spacial score (nSPS) is 18.5. The van der Waals surface area contributed by atoms with Gasteiger partial charge >= 0.3 is 0 Å². The van der Waals surface area contributed by atoms with E-state index in [0.29, 0.717) is 17.1 Å². The summed E-state index contributed by atoms with van der Waals surface area (Å²) in [6.07, 6.45) is 2.05. The molecule has 1 amide bonds. The standard InChI is InChI=1S/C17H22ClNO3/c1-17(2,22)15-4-3-11-19(15)16(21)10-9-14(20)12-5-7-13(18)8-6-12/h5-8,15,22H,3-4,9-11H2,1-2H3. The van der Waals surface area contributed by atoms with Crippen molar-refractivity contribution in [2.75, 3.05) is 6.54 Å². The second-order valence-electron chi connectivity index (χ2n) is 6.33. The van der Waals surface area contributed by atoms with Gasteiger partial charge in [0.25, 0.3) is 0 Å². The van der Waals surface area contributed by atoms with E-state index in [2.05, 4.69) is 0 Å². The van der Waals surface area contributed by atoms with Crippen molar-refractivity contribution in [1.82, 2.24) is 4.90 Å². The van der Waals surface area contributed by atoms with Crippen LogP contribution in [0.2, 0.25) is 5.02 Å². The molecule has 1 heterocycles. The minimum absolute atomic E-state index is 0.0630. The van der Waals surface area contributed by atoms with Crippen LogP contribution in [-0.2, 0) is 4.79 Å². The summed E-state index contributed by atoms with van der Waals surface area (Å²) in [4.78, 5) is 26.1. The lowest BCUT2D eigenvalue weighted by Gasteiger charge is -2.33. The molecule has 1 aliphatic heterocycles. The van der Waals surface area contributed by atoms with Gasteiger partial charge in [0.05, 0.1) is 11.6 Å². The van der Waals surface area contributed by atoms with Crippen LogP contribution in [-0.4, -0.2) is 39.9 Å². The first-order valence-corrected chi connectivity index (χ1v) is 7.97. The number of aliphatic hydroxyl groups is 1. The molecule has 5 heteroatoms. The Balaban J connectivity index is 1.92. The summed E-state index contributed by atoms with van der Waals surface area (Å²) in [7, 11) is 0. The Bertz CT molecular complexity index is 548. The number of Topliss-reactive ketones (excluding diaryl/α,β-unsaturated/α-hetero) is 1. The lowest BCUT2D eigenvalue weighted by Crippen LogP contribution is -2.48. The monoisotopic (exact) mass is 323 g/mol. The van der Waals surface area contributed by atoms with E-state index in [1.54, 1.807) is 43.0 Å². The molecule has 0 aromatic heterocycles. The second-order valence-corrected chi connectivity index (χ2v) is 6.77. The maximum Gasteiger partial charge on any atom is 0.223 e. The van der Waals surface area contributed by atoms with Gasteiger partial charge in [-0.05, 0) is 51.0 Å². The molecule has 0 bridgehead atoms. The summed E-state index contributed by atoms with van der Waals surface area (Å²) >= 11 is 5.79. The van der Waals surface area contributed by atoms with Crippen LogP contribution in [0.15, 0.2) is 24.3 Å². The lowest BCUT2D eigenvalue weighted by atomic mass is 9.96. The third-order valence-electron chi connectivity index (χ3n) is 4.12. The maximum absolute atomic E-state index is 12.3. The molecule has 1 atom stereocenters. The van der Waals surface area contributed by atoms with Crippen molar-refractivity contribution in [3.05, 3.63) is 34.9 Å². The molecule has 22 heavy (non-hydrogen) atoms. The Morgan fingerprint density at radius 1 is 1.27 bits per heavy atom. The number of nitrogens with zero attached hydrogens (tertiary/aromatic N) is 1. The van der Waals surface area contributed by atoms with Crippen molar-refractivity contribution in [2.24, 2.45) is 0 Å². The van der Waals surface area contributed by atoms with Crippen LogP contribution >= 0.6 is 11.6 Å². The topological polar surface area (TPSA) is 57.6 Å². The van der Waals surface area contributed by atoms with Gasteiger partial charge in [-0.1, -0.05) is 11.6 Å². The predicted molar refractivity (Wildman–Crippen MR) is 86.0 cm³/mol. The van der Waals surface area contributed by atoms with E-state index in [1.807, 2.05) is 0 Å². The average molecular weight is 324 g/mol. The summed E-state index contributed by atoms with van der Waals surface area (Å²) in [5, 5.41) is 10.7. The lowest BCUT2D eigenvalue weighted by molar-refractivity contribution is -0.136. The molecule has 1 aliphatic rings. The fraction of sp³-hybridized carbons (Fsp3) is 0.529. The van der Waals surface area contributed by atoms with Crippen LogP contribution in [0.5, 0.6) is 0 Å². The minimum atomic E-state index is -0.910. The molecule has 1 unspecified atom stereocenters. The van der Waals surface area contributed by atoms with E-state index in [0.717, 1.165) is 12.8 Å². The quantitative estimate of drug-likeness (QED) is 0.847. The molecule has 2 rings (SSSR count). The van der Waals surface area contributed by atoms with Gasteiger partial charge in [0.15, 0.2) is 5.78 Å². The highest BCUT2D eigenvalue weighted by Crippen LogP contribution is 2.27. The number of benzene rings is 1. The van der Waals surface area contributed by atoms with Crippen molar-refractivity contribution >= 4 is 23.3 Å². The first kappa shape index (κ1) is 17.0. The van der Waals surface area contributed by atoms with Gasteiger partial charge < -0.3 is 10.0 Å². The van der Waals surface area contributed by atoms with Crippen molar-refractivity contribution in [3.63, 3.8) is 0 Å². The van der Waals surface area contributed by atoms with Crippen LogP contribution in [0.4, 0.5) is 0 Å². The zero-order valence-electron chi connectivity index (χ0n) is 13.0. The molecule has 120 valence electrons. The largest absolute Gasteiger partial charge is 0.388 e. The first-order chi connectivity index (χ1) is 10.3.